The molecule has 0 atom stereocenters. The van der Waals surface area contributed by atoms with E-state index in [1.54, 1.807) is 23.4 Å². The number of hydrogen-bond acceptors (Lipinski definition) is 3. The van der Waals surface area contributed by atoms with E-state index in [1.165, 1.54) is 6.07 Å². The van der Waals surface area contributed by atoms with Crippen LogP contribution in [0.25, 0.3) is 0 Å². The average molecular weight is 538 g/mol. The quantitative estimate of drug-likeness (QED) is 0.318. The number of guanidine groups is 1. The van der Waals surface area contributed by atoms with Gasteiger partial charge in [-0.1, -0.05) is 12.1 Å². The Morgan fingerprint density at radius 1 is 1.28 bits per heavy atom. The molecule has 2 aliphatic rings. The molecule has 1 saturated carbocycles. The minimum absolute atomic E-state index is 0. The third-order valence-electron chi connectivity index (χ3n) is 5.73. The second-order valence-corrected chi connectivity index (χ2v) is 9.96. The Labute approximate surface area is 190 Å². The van der Waals surface area contributed by atoms with Crippen LogP contribution in [0, 0.1) is 5.82 Å². The molecule has 0 aromatic heterocycles. The van der Waals surface area contributed by atoms with Crippen molar-refractivity contribution < 1.29 is 12.8 Å². The van der Waals surface area contributed by atoms with Crippen molar-refractivity contribution in [1.82, 2.24) is 14.9 Å². The zero-order valence-electron chi connectivity index (χ0n) is 17.2. The number of nitrogens with one attached hydrogen (secondary N) is 2. The summed E-state index contributed by atoms with van der Waals surface area (Å²) < 4.78 is 39.2. The minimum Gasteiger partial charge on any atom is -0.357 e. The van der Waals surface area contributed by atoms with E-state index >= 15 is 0 Å². The van der Waals surface area contributed by atoms with Gasteiger partial charge in [-0.05, 0) is 57.2 Å². The molecule has 0 radical (unpaired) electrons. The largest absolute Gasteiger partial charge is 0.357 e. The highest BCUT2D eigenvalue weighted by Crippen LogP contribution is 2.48. The summed E-state index contributed by atoms with van der Waals surface area (Å²) in [5.41, 5.74) is 0.966. The number of rotatable bonds is 7. The molecule has 3 rings (SSSR count). The highest BCUT2D eigenvalue weighted by atomic mass is 127. The molecule has 1 aromatic carbocycles. The predicted octanol–water partition coefficient (Wildman–Crippen LogP) is 2.84. The lowest BCUT2D eigenvalue weighted by atomic mass is 9.96. The summed E-state index contributed by atoms with van der Waals surface area (Å²) in [4.78, 5) is 4.77. The maximum Gasteiger partial charge on any atom is 0.213 e. The molecule has 0 bridgehead atoms. The second-order valence-electron chi connectivity index (χ2n) is 7.70. The number of benzene rings is 1. The Bertz CT molecular complexity index is 806. The van der Waals surface area contributed by atoms with Gasteiger partial charge in [-0.25, -0.2) is 17.1 Å². The highest BCUT2D eigenvalue weighted by Gasteiger charge is 2.44. The van der Waals surface area contributed by atoms with Crippen LogP contribution >= 0.6 is 24.0 Å². The van der Waals surface area contributed by atoms with Gasteiger partial charge in [0.15, 0.2) is 5.96 Å². The van der Waals surface area contributed by atoms with Crippen LogP contribution in [0.5, 0.6) is 0 Å². The van der Waals surface area contributed by atoms with Gasteiger partial charge in [0.1, 0.15) is 5.82 Å². The Hall–Kier alpha value is -0.940. The fourth-order valence-electron chi connectivity index (χ4n) is 3.71. The lowest BCUT2D eigenvalue weighted by Crippen LogP contribution is -2.50. The molecular weight excluding hydrogens is 506 g/mol. The topological polar surface area (TPSA) is 73.8 Å². The first-order valence-corrected chi connectivity index (χ1v) is 11.8. The lowest BCUT2D eigenvalue weighted by molar-refractivity contribution is 0.306. The van der Waals surface area contributed by atoms with Gasteiger partial charge < -0.3 is 10.6 Å². The molecule has 2 N–H and O–H groups in total. The van der Waals surface area contributed by atoms with Gasteiger partial charge in [0.25, 0.3) is 0 Å². The zero-order valence-corrected chi connectivity index (χ0v) is 20.3. The van der Waals surface area contributed by atoms with Crippen molar-refractivity contribution in [2.45, 2.75) is 51.0 Å². The normalized spacial score (nSPS) is 20.0. The third-order valence-corrected chi connectivity index (χ3v) is 7.61. The zero-order chi connectivity index (χ0) is 20.2. The molecule has 1 aliphatic heterocycles. The maximum absolute atomic E-state index is 13.6. The van der Waals surface area contributed by atoms with Gasteiger partial charge in [-0.2, -0.15) is 0 Å². The van der Waals surface area contributed by atoms with Crippen molar-refractivity contribution in [3.63, 3.8) is 0 Å². The van der Waals surface area contributed by atoms with Crippen LogP contribution in [-0.2, 0) is 15.4 Å². The summed E-state index contributed by atoms with van der Waals surface area (Å²) in [7, 11) is -3.11. The number of sulfonamides is 1. The summed E-state index contributed by atoms with van der Waals surface area (Å²) in [6.07, 6.45) is 3.57. The molecule has 6 nitrogen and oxygen atoms in total. The first kappa shape index (κ1) is 24.3. The fraction of sp³-hybridized carbons (Fsp3) is 0.650. The SMILES string of the molecule is CCNC(=NCC1(c2cccc(F)c2)CC1)NC1CCN(S(=O)(=O)CC)CC1.I. The van der Waals surface area contributed by atoms with Crippen molar-refractivity contribution in [1.29, 1.82) is 0 Å². The summed E-state index contributed by atoms with van der Waals surface area (Å²) in [6.45, 7) is 6.16. The standard InChI is InChI=1S/C20H31FN4O2S.HI/c1-3-22-19(24-18-8-12-25(13-9-18)28(26,27)4-2)23-15-20(10-11-20)16-6-5-7-17(21)14-16;/h5-7,14,18H,3-4,8-13,15H2,1-2H3,(H2,22,23,24);1H. The smallest absolute Gasteiger partial charge is 0.213 e. The van der Waals surface area contributed by atoms with Crippen LogP contribution in [0.3, 0.4) is 0 Å². The summed E-state index contributed by atoms with van der Waals surface area (Å²) in [5.74, 6) is 0.700. The van der Waals surface area contributed by atoms with E-state index in [1.807, 2.05) is 13.0 Å². The van der Waals surface area contributed by atoms with Crippen molar-refractivity contribution >= 4 is 40.0 Å². The number of halogens is 2. The molecule has 0 spiro atoms. The van der Waals surface area contributed by atoms with Crippen LogP contribution < -0.4 is 10.6 Å². The van der Waals surface area contributed by atoms with Crippen LogP contribution in [0.4, 0.5) is 4.39 Å². The Morgan fingerprint density at radius 3 is 2.52 bits per heavy atom. The maximum atomic E-state index is 13.6. The predicted molar refractivity (Wildman–Crippen MR) is 126 cm³/mol. The van der Waals surface area contributed by atoms with Crippen molar-refractivity contribution in [2.75, 3.05) is 31.9 Å². The van der Waals surface area contributed by atoms with E-state index in [2.05, 4.69) is 10.6 Å². The molecule has 1 saturated heterocycles. The number of hydrogen-bond donors (Lipinski definition) is 2. The van der Waals surface area contributed by atoms with Gasteiger partial charge in [0.05, 0.1) is 12.3 Å². The van der Waals surface area contributed by atoms with Crippen LogP contribution in [-0.4, -0.2) is 56.7 Å². The summed E-state index contributed by atoms with van der Waals surface area (Å²) in [5, 5.41) is 6.73. The molecule has 9 heteroatoms. The van der Waals surface area contributed by atoms with E-state index in [0.29, 0.717) is 19.6 Å². The van der Waals surface area contributed by atoms with E-state index in [0.717, 1.165) is 43.8 Å². The molecule has 1 heterocycles. The minimum atomic E-state index is -3.11. The van der Waals surface area contributed by atoms with Gasteiger partial charge in [-0.3, -0.25) is 4.99 Å². The number of nitrogens with zero attached hydrogens (tertiary/aromatic N) is 2. The van der Waals surface area contributed by atoms with Crippen molar-refractivity contribution in [2.24, 2.45) is 4.99 Å². The summed E-state index contributed by atoms with van der Waals surface area (Å²) >= 11 is 0. The molecule has 29 heavy (non-hydrogen) atoms. The molecule has 1 aliphatic carbocycles. The molecule has 2 fully saturated rings. The molecule has 0 unspecified atom stereocenters. The van der Waals surface area contributed by atoms with E-state index in [-0.39, 0.29) is 47.0 Å². The van der Waals surface area contributed by atoms with E-state index < -0.39 is 10.0 Å². The third kappa shape index (κ3) is 6.27. The summed E-state index contributed by atoms with van der Waals surface area (Å²) in [6, 6.07) is 7.03. The Morgan fingerprint density at radius 2 is 1.97 bits per heavy atom. The molecule has 0 amide bonds. The van der Waals surface area contributed by atoms with E-state index in [4.69, 9.17) is 4.99 Å². The lowest BCUT2D eigenvalue weighted by Gasteiger charge is -2.32. The Balaban J connectivity index is 0.00000300. The van der Waals surface area contributed by atoms with Gasteiger partial charge in [0.2, 0.25) is 10.0 Å². The Kier molecular flexibility index (Phi) is 8.72. The van der Waals surface area contributed by atoms with Crippen molar-refractivity contribution in [3.05, 3.63) is 35.6 Å². The van der Waals surface area contributed by atoms with Crippen LogP contribution in [0.2, 0.25) is 0 Å². The average Bonchev–Trinajstić information content (AvgIpc) is 3.48. The molecule has 1 aromatic rings. The molecule has 164 valence electrons. The monoisotopic (exact) mass is 538 g/mol. The van der Waals surface area contributed by atoms with Crippen LogP contribution in [0.15, 0.2) is 29.3 Å². The van der Waals surface area contributed by atoms with Crippen LogP contribution in [0.1, 0.15) is 45.1 Å². The van der Waals surface area contributed by atoms with Crippen molar-refractivity contribution in [3.8, 4) is 0 Å². The fourth-order valence-corrected chi connectivity index (χ4v) is 4.84. The first-order valence-electron chi connectivity index (χ1n) is 10.2. The first-order chi connectivity index (χ1) is 13.4. The second kappa shape index (κ2) is 10.4. The van der Waals surface area contributed by atoms with E-state index in [9.17, 15) is 12.8 Å². The highest BCUT2D eigenvalue weighted by molar-refractivity contribution is 14.0. The number of piperidine rings is 1. The van der Waals surface area contributed by atoms with Gasteiger partial charge in [0, 0.05) is 31.1 Å². The van der Waals surface area contributed by atoms with Gasteiger partial charge >= 0.3 is 0 Å². The molecular formula is C20H32FIN4O2S. The van der Waals surface area contributed by atoms with Gasteiger partial charge in [-0.15, -0.1) is 24.0 Å². The number of aliphatic imine (C=N–C) groups is 1.